The minimum atomic E-state index is -0.246. The average molecular weight is 466 g/mol. The lowest BCUT2D eigenvalue weighted by Crippen LogP contribution is -2.22. The molecular formula is C23H23N5O2S2. The van der Waals surface area contributed by atoms with E-state index in [1.165, 1.54) is 4.68 Å². The van der Waals surface area contributed by atoms with Crippen LogP contribution in [0.25, 0.3) is 16.5 Å². The summed E-state index contributed by atoms with van der Waals surface area (Å²) < 4.78 is 1.48. The van der Waals surface area contributed by atoms with E-state index in [0.717, 1.165) is 15.5 Å². The van der Waals surface area contributed by atoms with Gasteiger partial charge in [-0.25, -0.2) is 4.98 Å². The number of benzene rings is 1. The van der Waals surface area contributed by atoms with Crippen molar-refractivity contribution < 1.29 is 4.79 Å². The quantitative estimate of drug-likeness (QED) is 0.378. The number of aromatic amines is 1. The van der Waals surface area contributed by atoms with Gasteiger partial charge in [0.2, 0.25) is 5.95 Å². The van der Waals surface area contributed by atoms with Gasteiger partial charge >= 0.3 is 0 Å². The summed E-state index contributed by atoms with van der Waals surface area (Å²) in [6, 6.07) is 13.2. The number of thiophene rings is 1. The fourth-order valence-corrected chi connectivity index (χ4v) is 4.89. The van der Waals surface area contributed by atoms with Gasteiger partial charge in [0.1, 0.15) is 11.5 Å². The van der Waals surface area contributed by atoms with Gasteiger partial charge in [-0.05, 0) is 42.7 Å². The third-order valence-corrected chi connectivity index (χ3v) is 6.77. The van der Waals surface area contributed by atoms with Crippen LogP contribution in [-0.4, -0.2) is 31.4 Å². The number of thioether (sulfide) groups is 1. The number of nitrogens with one attached hydrogen (secondary N) is 2. The molecule has 2 N–H and O–H groups in total. The molecule has 3 aromatic heterocycles. The number of carbonyl (C=O) groups excluding carboxylic acids is 1. The summed E-state index contributed by atoms with van der Waals surface area (Å²) in [4.78, 5) is 34.9. The van der Waals surface area contributed by atoms with Crippen molar-refractivity contribution in [2.24, 2.45) is 0 Å². The van der Waals surface area contributed by atoms with Crippen molar-refractivity contribution in [3.05, 3.63) is 75.0 Å². The first-order chi connectivity index (χ1) is 15.5. The predicted molar refractivity (Wildman–Crippen MR) is 130 cm³/mol. The predicted octanol–water partition coefficient (Wildman–Crippen LogP) is 4.92. The van der Waals surface area contributed by atoms with Crippen LogP contribution in [0.5, 0.6) is 0 Å². The molecule has 4 aromatic rings. The molecule has 0 aliphatic heterocycles. The van der Waals surface area contributed by atoms with Crippen molar-refractivity contribution in [3.63, 3.8) is 0 Å². The van der Waals surface area contributed by atoms with E-state index < -0.39 is 0 Å². The van der Waals surface area contributed by atoms with E-state index in [4.69, 9.17) is 0 Å². The number of rotatable bonds is 7. The zero-order valence-electron chi connectivity index (χ0n) is 18.0. The maximum absolute atomic E-state index is 13.2. The van der Waals surface area contributed by atoms with Gasteiger partial charge in [0, 0.05) is 22.2 Å². The van der Waals surface area contributed by atoms with Crippen LogP contribution in [0.4, 0.5) is 5.82 Å². The summed E-state index contributed by atoms with van der Waals surface area (Å²) in [5.41, 5.74) is 2.34. The average Bonchev–Trinajstić information content (AvgIpc) is 3.44. The van der Waals surface area contributed by atoms with Crippen LogP contribution in [0.15, 0.2) is 57.5 Å². The SMILES string of the molecule is CCSc1ccccc1C(=O)Nc1cc(-c2cccs2)nn1-c1nc(C)c(CC)c(=O)[nH]1. The Bertz CT molecular complexity index is 1310. The first kappa shape index (κ1) is 22.0. The van der Waals surface area contributed by atoms with E-state index in [9.17, 15) is 9.59 Å². The van der Waals surface area contributed by atoms with E-state index in [-0.39, 0.29) is 17.4 Å². The van der Waals surface area contributed by atoms with Crippen molar-refractivity contribution in [1.29, 1.82) is 0 Å². The summed E-state index contributed by atoms with van der Waals surface area (Å²) >= 11 is 3.16. The molecule has 1 amide bonds. The highest BCUT2D eigenvalue weighted by atomic mass is 32.2. The molecule has 0 aliphatic carbocycles. The molecule has 0 bridgehead atoms. The van der Waals surface area contributed by atoms with E-state index in [2.05, 4.69) is 20.4 Å². The molecule has 1 aromatic carbocycles. The van der Waals surface area contributed by atoms with Crippen LogP contribution in [0.2, 0.25) is 0 Å². The summed E-state index contributed by atoms with van der Waals surface area (Å²) in [6.07, 6.45) is 0.587. The molecule has 32 heavy (non-hydrogen) atoms. The summed E-state index contributed by atoms with van der Waals surface area (Å²) in [5.74, 6) is 1.31. The van der Waals surface area contributed by atoms with Gasteiger partial charge in [-0.15, -0.1) is 23.1 Å². The fraction of sp³-hybridized carbons (Fsp3) is 0.217. The van der Waals surface area contributed by atoms with Crippen LogP contribution < -0.4 is 10.9 Å². The van der Waals surface area contributed by atoms with Gasteiger partial charge in [-0.2, -0.15) is 9.78 Å². The minimum absolute atomic E-state index is 0.204. The molecule has 7 nitrogen and oxygen atoms in total. The fourth-order valence-electron chi connectivity index (χ4n) is 3.41. The van der Waals surface area contributed by atoms with Crippen LogP contribution >= 0.6 is 23.1 Å². The Labute approximate surface area is 193 Å². The van der Waals surface area contributed by atoms with Crippen molar-refractivity contribution in [1.82, 2.24) is 19.7 Å². The largest absolute Gasteiger partial charge is 0.306 e. The zero-order valence-corrected chi connectivity index (χ0v) is 19.6. The molecule has 0 spiro atoms. The lowest BCUT2D eigenvalue weighted by atomic mass is 10.2. The number of carbonyl (C=O) groups is 1. The van der Waals surface area contributed by atoms with Crippen molar-refractivity contribution in [3.8, 4) is 16.5 Å². The highest BCUT2D eigenvalue weighted by Crippen LogP contribution is 2.28. The van der Waals surface area contributed by atoms with Gasteiger partial charge < -0.3 is 5.32 Å². The maximum Gasteiger partial charge on any atom is 0.257 e. The number of H-pyrrole nitrogens is 1. The standard InChI is InChI=1S/C23H23N5O2S2/c1-4-15-14(3)24-23(26-21(15)29)28-20(13-17(27-28)19-11-8-12-32-19)25-22(30)16-9-6-7-10-18(16)31-5-2/h6-13H,4-5H2,1-3H3,(H,25,30)(H,24,26,29). The summed E-state index contributed by atoms with van der Waals surface area (Å²) in [7, 11) is 0. The monoisotopic (exact) mass is 465 g/mol. The molecular weight excluding hydrogens is 442 g/mol. The number of amides is 1. The number of hydrogen-bond acceptors (Lipinski definition) is 6. The van der Waals surface area contributed by atoms with Gasteiger partial charge in [0.05, 0.1) is 10.4 Å². The number of aromatic nitrogens is 4. The second-order valence-corrected chi connectivity index (χ2v) is 9.25. The third kappa shape index (κ3) is 4.39. The summed E-state index contributed by atoms with van der Waals surface area (Å²) in [6.45, 7) is 5.77. The first-order valence-electron chi connectivity index (χ1n) is 10.3. The maximum atomic E-state index is 13.2. The molecule has 0 aliphatic rings. The third-order valence-electron chi connectivity index (χ3n) is 4.92. The Morgan fingerprint density at radius 1 is 1.22 bits per heavy atom. The minimum Gasteiger partial charge on any atom is -0.306 e. The molecule has 0 saturated carbocycles. The Kier molecular flexibility index (Phi) is 6.57. The Balaban J connectivity index is 1.78. The van der Waals surface area contributed by atoms with Gasteiger partial charge in [-0.1, -0.05) is 32.0 Å². The molecule has 4 rings (SSSR count). The number of anilines is 1. The van der Waals surface area contributed by atoms with E-state index >= 15 is 0 Å². The molecule has 0 saturated heterocycles. The molecule has 0 radical (unpaired) electrons. The molecule has 3 heterocycles. The van der Waals surface area contributed by atoms with Gasteiger partial charge in [0.15, 0.2) is 0 Å². The molecule has 164 valence electrons. The van der Waals surface area contributed by atoms with Gasteiger partial charge in [-0.3, -0.25) is 14.6 Å². The summed E-state index contributed by atoms with van der Waals surface area (Å²) in [5, 5.41) is 9.57. The van der Waals surface area contributed by atoms with E-state index in [0.29, 0.717) is 34.8 Å². The number of aryl methyl sites for hydroxylation is 1. The van der Waals surface area contributed by atoms with Crippen LogP contribution in [0, 0.1) is 6.92 Å². The van der Waals surface area contributed by atoms with Crippen LogP contribution in [-0.2, 0) is 6.42 Å². The molecule has 0 unspecified atom stereocenters. The molecule has 9 heteroatoms. The zero-order chi connectivity index (χ0) is 22.7. The lowest BCUT2D eigenvalue weighted by molar-refractivity contribution is 0.102. The highest BCUT2D eigenvalue weighted by Gasteiger charge is 2.19. The van der Waals surface area contributed by atoms with Crippen LogP contribution in [0.1, 0.15) is 35.5 Å². The lowest BCUT2D eigenvalue weighted by Gasteiger charge is -2.11. The highest BCUT2D eigenvalue weighted by molar-refractivity contribution is 7.99. The second kappa shape index (κ2) is 9.54. The van der Waals surface area contributed by atoms with Crippen LogP contribution in [0.3, 0.4) is 0 Å². The normalized spacial score (nSPS) is 11.0. The Morgan fingerprint density at radius 2 is 2.03 bits per heavy atom. The molecule has 0 fully saturated rings. The second-order valence-electron chi connectivity index (χ2n) is 6.99. The number of hydrogen-bond donors (Lipinski definition) is 2. The van der Waals surface area contributed by atoms with Crippen molar-refractivity contribution in [2.45, 2.75) is 32.1 Å². The van der Waals surface area contributed by atoms with Crippen molar-refractivity contribution >= 4 is 34.8 Å². The topological polar surface area (TPSA) is 92.7 Å². The molecule has 0 atom stereocenters. The van der Waals surface area contributed by atoms with Gasteiger partial charge in [0.25, 0.3) is 11.5 Å². The number of nitrogens with zero attached hydrogens (tertiary/aromatic N) is 3. The smallest absolute Gasteiger partial charge is 0.257 e. The van der Waals surface area contributed by atoms with E-state index in [1.54, 1.807) is 42.2 Å². The Morgan fingerprint density at radius 3 is 2.72 bits per heavy atom. The van der Waals surface area contributed by atoms with Crippen molar-refractivity contribution in [2.75, 3.05) is 11.1 Å². The first-order valence-corrected chi connectivity index (χ1v) is 12.2. The van der Waals surface area contributed by atoms with E-state index in [1.807, 2.05) is 49.6 Å². The Hall–Kier alpha value is -3.17.